The zero-order valence-electron chi connectivity index (χ0n) is 13.2. The number of carbonyl (C=O) groups is 1. The third kappa shape index (κ3) is 4.18. The lowest BCUT2D eigenvalue weighted by molar-refractivity contribution is 0.0933. The summed E-state index contributed by atoms with van der Waals surface area (Å²) in [5.74, 6) is 0.376. The molecule has 2 N–H and O–H groups in total. The van der Waals surface area contributed by atoms with Crippen molar-refractivity contribution < 1.29 is 14.4 Å². The molecule has 2 rings (SSSR count). The summed E-state index contributed by atoms with van der Waals surface area (Å²) in [5.41, 5.74) is 0.919. The molecular weight excluding hydrogens is 280 g/mol. The summed E-state index contributed by atoms with van der Waals surface area (Å²) in [5, 5.41) is 16.6. The Morgan fingerprint density at radius 3 is 2.59 bits per heavy atom. The topological polar surface area (TPSA) is 75.4 Å². The Morgan fingerprint density at radius 1 is 1.32 bits per heavy atom. The van der Waals surface area contributed by atoms with Crippen molar-refractivity contribution in [3.8, 4) is 0 Å². The van der Waals surface area contributed by atoms with E-state index in [0.29, 0.717) is 18.7 Å². The Balaban J connectivity index is 1.84. The molecule has 1 aromatic carbocycles. The predicted molar refractivity (Wildman–Crippen MR) is 83.6 cm³/mol. The van der Waals surface area contributed by atoms with Crippen LogP contribution in [-0.2, 0) is 5.41 Å². The number of amides is 1. The molecule has 0 aliphatic heterocycles. The number of aromatic nitrogens is 1. The van der Waals surface area contributed by atoms with Crippen LogP contribution in [0.5, 0.6) is 0 Å². The van der Waals surface area contributed by atoms with E-state index in [9.17, 15) is 9.90 Å². The molecule has 1 heterocycles. The van der Waals surface area contributed by atoms with Gasteiger partial charge in [0.1, 0.15) is 5.76 Å². The van der Waals surface area contributed by atoms with Crippen LogP contribution in [0.2, 0.25) is 0 Å². The summed E-state index contributed by atoms with van der Waals surface area (Å²) < 4.78 is 5.19. The molecular formula is C17H22N2O3. The lowest BCUT2D eigenvalue weighted by atomic mass is 9.93. The van der Waals surface area contributed by atoms with Crippen LogP contribution in [0.15, 0.2) is 40.9 Å². The second-order valence-electron chi connectivity index (χ2n) is 6.30. The van der Waals surface area contributed by atoms with Crippen LogP contribution in [0.1, 0.15) is 55.1 Å². The largest absolute Gasteiger partial charge is 0.388 e. The van der Waals surface area contributed by atoms with Gasteiger partial charge in [0.25, 0.3) is 5.91 Å². The van der Waals surface area contributed by atoms with Gasteiger partial charge in [-0.2, -0.15) is 0 Å². The molecule has 0 aliphatic carbocycles. The number of nitrogens with zero attached hydrogens (tertiary/aromatic N) is 1. The second-order valence-corrected chi connectivity index (χ2v) is 6.30. The summed E-state index contributed by atoms with van der Waals surface area (Å²) in [6.07, 6.45) is -0.149. The fourth-order valence-corrected chi connectivity index (χ4v) is 1.99. The van der Waals surface area contributed by atoms with E-state index in [-0.39, 0.29) is 17.0 Å². The fraction of sp³-hybridized carbons (Fsp3) is 0.412. The van der Waals surface area contributed by atoms with Crippen LogP contribution < -0.4 is 5.32 Å². The van der Waals surface area contributed by atoms with Crippen molar-refractivity contribution in [2.45, 2.75) is 38.7 Å². The number of benzene rings is 1. The molecule has 2 aromatic rings. The first-order valence-corrected chi connectivity index (χ1v) is 7.36. The van der Waals surface area contributed by atoms with Gasteiger partial charge in [0.15, 0.2) is 5.69 Å². The zero-order valence-corrected chi connectivity index (χ0v) is 13.2. The number of hydrogen-bond donors (Lipinski definition) is 2. The highest BCUT2D eigenvalue weighted by Crippen LogP contribution is 2.22. The molecule has 5 nitrogen and oxygen atoms in total. The lowest BCUT2D eigenvalue weighted by Crippen LogP contribution is -2.26. The Morgan fingerprint density at radius 2 is 2.00 bits per heavy atom. The van der Waals surface area contributed by atoms with Gasteiger partial charge in [0.05, 0.1) is 6.10 Å². The van der Waals surface area contributed by atoms with Crippen LogP contribution in [-0.4, -0.2) is 22.7 Å². The van der Waals surface area contributed by atoms with E-state index in [2.05, 4.69) is 10.5 Å². The van der Waals surface area contributed by atoms with Crippen molar-refractivity contribution in [1.82, 2.24) is 10.5 Å². The third-order valence-corrected chi connectivity index (χ3v) is 3.37. The molecule has 5 heteroatoms. The van der Waals surface area contributed by atoms with E-state index in [4.69, 9.17) is 4.52 Å². The highest BCUT2D eigenvalue weighted by Gasteiger charge is 2.22. The van der Waals surface area contributed by atoms with Crippen molar-refractivity contribution in [2.75, 3.05) is 6.54 Å². The molecule has 1 unspecified atom stereocenters. The molecule has 0 aliphatic rings. The highest BCUT2D eigenvalue weighted by molar-refractivity contribution is 5.92. The van der Waals surface area contributed by atoms with Crippen molar-refractivity contribution in [3.63, 3.8) is 0 Å². The van der Waals surface area contributed by atoms with Gasteiger partial charge in [-0.3, -0.25) is 4.79 Å². The Labute approximate surface area is 130 Å². The van der Waals surface area contributed by atoms with Crippen LogP contribution in [0.4, 0.5) is 0 Å². The molecule has 0 saturated heterocycles. The number of nitrogens with one attached hydrogen (secondary N) is 1. The van der Waals surface area contributed by atoms with Crippen molar-refractivity contribution in [1.29, 1.82) is 0 Å². The summed E-state index contributed by atoms with van der Waals surface area (Å²) in [6, 6.07) is 11.0. The first-order chi connectivity index (χ1) is 10.4. The van der Waals surface area contributed by atoms with Crippen LogP contribution in [0.3, 0.4) is 0 Å². The standard InChI is InChI=1S/C17H22N2O3/c1-17(2,3)15-11-13(19-22-15)16(21)18-10-9-14(20)12-7-5-4-6-8-12/h4-8,11,14,20H,9-10H2,1-3H3,(H,18,21). The van der Waals surface area contributed by atoms with Gasteiger partial charge in [-0.05, 0) is 12.0 Å². The molecule has 22 heavy (non-hydrogen) atoms. The summed E-state index contributed by atoms with van der Waals surface area (Å²) >= 11 is 0. The van der Waals surface area contributed by atoms with Crippen molar-refractivity contribution in [3.05, 3.63) is 53.4 Å². The van der Waals surface area contributed by atoms with Crippen molar-refractivity contribution >= 4 is 5.91 Å². The molecule has 0 bridgehead atoms. The average Bonchev–Trinajstić information content (AvgIpc) is 2.98. The maximum atomic E-state index is 12.0. The van der Waals surface area contributed by atoms with Gasteiger partial charge in [-0.15, -0.1) is 0 Å². The lowest BCUT2D eigenvalue weighted by Gasteiger charge is -2.12. The predicted octanol–water partition coefficient (Wildman–Crippen LogP) is 2.83. The minimum atomic E-state index is -0.594. The third-order valence-electron chi connectivity index (χ3n) is 3.37. The number of hydrogen-bond acceptors (Lipinski definition) is 4. The second kappa shape index (κ2) is 6.75. The van der Waals surface area contributed by atoms with Gasteiger partial charge in [0.2, 0.25) is 0 Å². The quantitative estimate of drug-likeness (QED) is 0.890. The Bertz CT molecular complexity index is 614. The molecule has 1 atom stereocenters. The smallest absolute Gasteiger partial charge is 0.273 e. The van der Waals surface area contributed by atoms with Crippen LogP contribution in [0, 0.1) is 0 Å². The Hall–Kier alpha value is -2.14. The maximum absolute atomic E-state index is 12.0. The first kappa shape index (κ1) is 16.2. The first-order valence-electron chi connectivity index (χ1n) is 7.36. The average molecular weight is 302 g/mol. The number of rotatable bonds is 5. The molecule has 1 aromatic heterocycles. The van der Waals surface area contributed by atoms with Gasteiger partial charge < -0.3 is 14.9 Å². The SMILES string of the molecule is CC(C)(C)c1cc(C(=O)NCCC(O)c2ccccc2)no1. The molecule has 0 fully saturated rings. The van der Waals surface area contributed by atoms with Crippen LogP contribution >= 0.6 is 0 Å². The van der Waals surface area contributed by atoms with E-state index >= 15 is 0 Å². The summed E-state index contributed by atoms with van der Waals surface area (Å²) in [4.78, 5) is 12.0. The summed E-state index contributed by atoms with van der Waals surface area (Å²) in [7, 11) is 0. The van der Waals surface area contributed by atoms with Gasteiger partial charge >= 0.3 is 0 Å². The molecule has 0 saturated carbocycles. The maximum Gasteiger partial charge on any atom is 0.273 e. The van der Waals surface area contributed by atoms with E-state index in [0.717, 1.165) is 5.56 Å². The molecule has 0 spiro atoms. The number of carbonyl (C=O) groups excluding carboxylic acids is 1. The van der Waals surface area contributed by atoms with Gasteiger partial charge in [0, 0.05) is 18.0 Å². The van der Waals surface area contributed by atoms with E-state index in [1.54, 1.807) is 6.07 Å². The summed E-state index contributed by atoms with van der Waals surface area (Å²) in [6.45, 7) is 6.34. The zero-order chi connectivity index (χ0) is 16.2. The van der Waals surface area contributed by atoms with Gasteiger partial charge in [-0.1, -0.05) is 56.3 Å². The van der Waals surface area contributed by atoms with Gasteiger partial charge in [-0.25, -0.2) is 0 Å². The Kier molecular flexibility index (Phi) is 4.98. The highest BCUT2D eigenvalue weighted by atomic mass is 16.5. The molecule has 118 valence electrons. The number of aliphatic hydroxyl groups is 1. The minimum absolute atomic E-state index is 0.185. The van der Waals surface area contributed by atoms with Crippen molar-refractivity contribution in [2.24, 2.45) is 0 Å². The van der Waals surface area contributed by atoms with E-state index in [1.165, 1.54) is 0 Å². The normalized spacial score (nSPS) is 12.9. The molecule has 0 radical (unpaired) electrons. The fourth-order valence-electron chi connectivity index (χ4n) is 1.99. The van der Waals surface area contributed by atoms with Crippen LogP contribution in [0.25, 0.3) is 0 Å². The van der Waals surface area contributed by atoms with E-state index in [1.807, 2.05) is 51.1 Å². The monoisotopic (exact) mass is 302 g/mol. The number of aliphatic hydroxyl groups excluding tert-OH is 1. The molecule has 1 amide bonds. The minimum Gasteiger partial charge on any atom is -0.388 e. The van der Waals surface area contributed by atoms with E-state index < -0.39 is 6.10 Å².